The first-order chi connectivity index (χ1) is 5.75. The highest BCUT2D eigenvalue weighted by molar-refractivity contribution is 5.74. The molecule has 1 unspecified atom stereocenters. The maximum absolute atomic E-state index is 11.0. The second-order valence-electron chi connectivity index (χ2n) is 2.76. The molecule has 0 amide bonds. The fourth-order valence-electron chi connectivity index (χ4n) is 1.21. The Morgan fingerprint density at radius 1 is 1.58 bits per heavy atom. The Kier molecular flexibility index (Phi) is 3.46. The van der Waals surface area contributed by atoms with Crippen LogP contribution in [0.2, 0.25) is 0 Å². The lowest BCUT2D eigenvalue weighted by Crippen LogP contribution is -2.46. The van der Waals surface area contributed by atoms with Crippen LogP contribution in [0.25, 0.3) is 0 Å². The molecule has 0 spiro atoms. The molecule has 5 heteroatoms. The normalized spacial score (nSPS) is 21.8. The van der Waals surface area contributed by atoms with E-state index < -0.39 is 5.97 Å². The van der Waals surface area contributed by atoms with Gasteiger partial charge in [0.25, 0.3) is 0 Å². The zero-order valence-electron chi connectivity index (χ0n) is 7.16. The number of ether oxygens (including phenoxy) is 1. The van der Waals surface area contributed by atoms with Gasteiger partial charge in [0, 0.05) is 13.1 Å². The van der Waals surface area contributed by atoms with Crippen LogP contribution in [0.15, 0.2) is 0 Å². The molecule has 0 radical (unpaired) electrons. The van der Waals surface area contributed by atoms with Crippen molar-refractivity contribution in [2.75, 3.05) is 26.3 Å². The Balaban J connectivity index is 2.39. The Bertz CT molecular complexity index is 157. The summed E-state index contributed by atoms with van der Waals surface area (Å²) < 4.78 is 5.14. The van der Waals surface area contributed by atoms with Crippen molar-refractivity contribution in [3.63, 3.8) is 0 Å². The van der Waals surface area contributed by atoms with E-state index in [1.807, 2.05) is 4.90 Å². The predicted octanol–water partition coefficient (Wildman–Crippen LogP) is -0.876. The number of hydrogen-bond donors (Lipinski definition) is 1. The predicted molar refractivity (Wildman–Crippen MR) is 42.1 cm³/mol. The van der Waals surface area contributed by atoms with Crippen molar-refractivity contribution < 1.29 is 14.4 Å². The Hall–Kier alpha value is -0.650. The van der Waals surface area contributed by atoms with E-state index in [9.17, 15) is 4.79 Å². The minimum Gasteiger partial charge on any atom is -0.379 e. The van der Waals surface area contributed by atoms with Crippen molar-refractivity contribution in [1.82, 2.24) is 4.90 Å². The summed E-state index contributed by atoms with van der Waals surface area (Å²) in [7, 11) is 0. The van der Waals surface area contributed by atoms with Gasteiger partial charge in [-0.1, -0.05) is 0 Å². The van der Waals surface area contributed by atoms with Crippen molar-refractivity contribution in [3.8, 4) is 0 Å². The van der Waals surface area contributed by atoms with E-state index in [-0.39, 0.29) is 6.04 Å². The highest BCUT2D eigenvalue weighted by Gasteiger charge is 2.23. The van der Waals surface area contributed by atoms with E-state index in [0.717, 1.165) is 13.1 Å². The first-order valence-corrected chi connectivity index (χ1v) is 3.98. The van der Waals surface area contributed by atoms with Crippen LogP contribution < -0.4 is 5.90 Å². The average Bonchev–Trinajstić information content (AvgIpc) is 2.17. The minimum atomic E-state index is -0.392. The molecule has 1 saturated heterocycles. The number of carbonyl (C=O) groups excluding carboxylic acids is 1. The smallest absolute Gasteiger partial charge is 0.341 e. The van der Waals surface area contributed by atoms with Gasteiger partial charge in [-0.3, -0.25) is 4.90 Å². The molecule has 1 aliphatic heterocycles. The van der Waals surface area contributed by atoms with Gasteiger partial charge in [0.1, 0.15) is 6.04 Å². The van der Waals surface area contributed by atoms with Gasteiger partial charge in [0.15, 0.2) is 0 Å². The molecule has 2 N–H and O–H groups in total. The first kappa shape index (κ1) is 9.44. The molecule has 1 aliphatic rings. The molecule has 1 fully saturated rings. The van der Waals surface area contributed by atoms with Crippen LogP contribution in [-0.4, -0.2) is 43.2 Å². The lowest BCUT2D eigenvalue weighted by atomic mass is 10.2. The van der Waals surface area contributed by atoms with Crippen LogP contribution >= 0.6 is 0 Å². The number of rotatable bonds is 2. The maximum Gasteiger partial charge on any atom is 0.341 e. The first-order valence-electron chi connectivity index (χ1n) is 3.98. The fraction of sp³-hybridized carbons (Fsp3) is 0.857. The van der Waals surface area contributed by atoms with Crippen molar-refractivity contribution >= 4 is 5.97 Å². The molecule has 0 aromatic rings. The lowest BCUT2D eigenvalue weighted by Gasteiger charge is -2.30. The van der Waals surface area contributed by atoms with E-state index >= 15 is 0 Å². The van der Waals surface area contributed by atoms with Gasteiger partial charge in [-0.25, -0.2) is 4.79 Å². The van der Waals surface area contributed by atoms with E-state index in [2.05, 4.69) is 4.84 Å². The van der Waals surface area contributed by atoms with E-state index in [1.54, 1.807) is 6.92 Å². The third-order valence-corrected chi connectivity index (χ3v) is 2.05. The van der Waals surface area contributed by atoms with Gasteiger partial charge in [-0.15, -0.1) is 0 Å². The van der Waals surface area contributed by atoms with Crippen LogP contribution in [0, 0.1) is 0 Å². The second-order valence-corrected chi connectivity index (χ2v) is 2.76. The zero-order valence-corrected chi connectivity index (χ0v) is 7.16. The molecule has 1 heterocycles. The Morgan fingerprint density at radius 3 is 2.67 bits per heavy atom. The van der Waals surface area contributed by atoms with Gasteiger partial charge in [-0.2, -0.15) is 5.90 Å². The summed E-state index contributed by atoms with van der Waals surface area (Å²) in [6, 6.07) is -0.265. The molecule has 0 aromatic carbocycles. The number of hydrogen-bond acceptors (Lipinski definition) is 5. The average molecular weight is 174 g/mol. The summed E-state index contributed by atoms with van der Waals surface area (Å²) in [4.78, 5) is 17.1. The van der Waals surface area contributed by atoms with E-state index in [0.29, 0.717) is 13.2 Å². The minimum absolute atomic E-state index is 0.265. The van der Waals surface area contributed by atoms with Crippen LogP contribution in [0.5, 0.6) is 0 Å². The summed E-state index contributed by atoms with van der Waals surface area (Å²) in [6.07, 6.45) is 0. The van der Waals surface area contributed by atoms with Crippen LogP contribution in [-0.2, 0) is 14.4 Å². The molecule has 0 aromatic heterocycles. The molecular weight excluding hydrogens is 160 g/mol. The van der Waals surface area contributed by atoms with Gasteiger partial charge >= 0.3 is 5.97 Å². The van der Waals surface area contributed by atoms with Gasteiger partial charge < -0.3 is 9.57 Å². The van der Waals surface area contributed by atoms with Crippen LogP contribution in [0.3, 0.4) is 0 Å². The van der Waals surface area contributed by atoms with E-state index in [4.69, 9.17) is 10.6 Å². The number of nitrogens with two attached hydrogens (primary N) is 1. The fourth-order valence-corrected chi connectivity index (χ4v) is 1.21. The molecule has 5 nitrogen and oxygen atoms in total. The summed E-state index contributed by atoms with van der Waals surface area (Å²) >= 11 is 0. The molecular formula is C7H14N2O3. The molecule has 12 heavy (non-hydrogen) atoms. The third-order valence-electron chi connectivity index (χ3n) is 2.05. The highest BCUT2D eigenvalue weighted by atomic mass is 16.7. The SMILES string of the molecule is CC(C(=O)ON)N1CCOCC1. The summed E-state index contributed by atoms with van der Waals surface area (Å²) in [6.45, 7) is 4.64. The van der Waals surface area contributed by atoms with Crippen molar-refractivity contribution in [1.29, 1.82) is 0 Å². The number of morpholine rings is 1. The molecule has 0 bridgehead atoms. The summed E-state index contributed by atoms with van der Waals surface area (Å²) in [5.41, 5.74) is 0. The molecule has 0 aliphatic carbocycles. The Morgan fingerprint density at radius 2 is 2.17 bits per heavy atom. The van der Waals surface area contributed by atoms with Crippen molar-refractivity contribution in [2.45, 2.75) is 13.0 Å². The number of nitrogens with zero attached hydrogens (tertiary/aromatic N) is 1. The summed E-state index contributed by atoms with van der Waals surface area (Å²) in [5.74, 6) is 4.38. The lowest BCUT2D eigenvalue weighted by molar-refractivity contribution is -0.151. The largest absolute Gasteiger partial charge is 0.379 e. The number of carbonyl (C=O) groups is 1. The van der Waals surface area contributed by atoms with Crippen molar-refractivity contribution in [2.24, 2.45) is 5.90 Å². The quantitative estimate of drug-likeness (QED) is 0.551. The molecule has 1 rings (SSSR count). The zero-order chi connectivity index (χ0) is 8.97. The molecule has 0 saturated carbocycles. The molecule has 70 valence electrons. The highest BCUT2D eigenvalue weighted by Crippen LogP contribution is 2.03. The second kappa shape index (κ2) is 4.39. The standard InChI is InChI=1S/C7H14N2O3/c1-6(7(10)12-8)9-2-4-11-5-3-9/h6H,2-5,8H2,1H3. The van der Waals surface area contributed by atoms with Gasteiger partial charge in [0.05, 0.1) is 13.2 Å². The topological polar surface area (TPSA) is 64.8 Å². The van der Waals surface area contributed by atoms with E-state index in [1.165, 1.54) is 0 Å². The Labute approximate surface area is 71.4 Å². The molecule has 1 atom stereocenters. The third kappa shape index (κ3) is 2.17. The van der Waals surface area contributed by atoms with Crippen molar-refractivity contribution in [3.05, 3.63) is 0 Å². The van der Waals surface area contributed by atoms with Gasteiger partial charge in [-0.05, 0) is 6.92 Å². The van der Waals surface area contributed by atoms with Crippen LogP contribution in [0.1, 0.15) is 6.92 Å². The van der Waals surface area contributed by atoms with Crippen LogP contribution in [0.4, 0.5) is 0 Å². The maximum atomic E-state index is 11.0. The summed E-state index contributed by atoms with van der Waals surface area (Å²) in [5, 5.41) is 0. The monoisotopic (exact) mass is 174 g/mol. The van der Waals surface area contributed by atoms with Gasteiger partial charge in [0.2, 0.25) is 0 Å².